The van der Waals surface area contributed by atoms with Gasteiger partial charge in [-0.25, -0.2) is 8.42 Å². The van der Waals surface area contributed by atoms with Crippen LogP contribution in [-0.4, -0.2) is 26.0 Å². The quantitative estimate of drug-likeness (QED) is 0.791. The van der Waals surface area contributed by atoms with Crippen molar-refractivity contribution < 1.29 is 13.2 Å². The van der Waals surface area contributed by atoms with Crippen molar-refractivity contribution in [2.45, 2.75) is 13.0 Å². The average Bonchev–Trinajstić information content (AvgIpc) is 2.19. The molecule has 0 saturated heterocycles. The third kappa shape index (κ3) is 3.43. The Morgan fingerprint density at radius 1 is 1.41 bits per heavy atom. The fourth-order valence-electron chi connectivity index (χ4n) is 1.40. The average molecular weight is 341 g/mol. The first-order valence-corrected chi connectivity index (χ1v) is 7.70. The van der Waals surface area contributed by atoms with E-state index < -0.39 is 21.3 Å². The van der Waals surface area contributed by atoms with Crippen molar-refractivity contribution in [3.63, 3.8) is 0 Å². The summed E-state index contributed by atoms with van der Waals surface area (Å²) in [5.74, 6) is 0. The molecular weight excluding hydrogens is 330 g/mol. The number of sulfonamides is 1. The summed E-state index contributed by atoms with van der Waals surface area (Å²) in [6.07, 6.45) is 1.03. The van der Waals surface area contributed by atoms with Gasteiger partial charge in [0.15, 0.2) is 0 Å². The van der Waals surface area contributed by atoms with Crippen LogP contribution in [0.5, 0.6) is 0 Å². The lowest BCUT2D eigenvalue weighted by molar-refractivity contribution is -0.112. The zero-order valence-electron chi connectivity index (χ0n) is 9.22. The first-order chi connectivity index (χ1) is 7.75. The first-order valence-electron chi connectivity index (χ1n) is 4.68. The Balaban J connectivity index is 3.36. The molecule has 1 aromatic rings. The van der Waals surface area contributed by atoms with Crippen LogP contribution in [0.2, 0.25) is 0 Å². The second kappa shape index (κ2) is 5.37. The molecule has 1 atom stereocenters. The van der Waals surface area contributed by atoms with Crippen molar-refractivity contribution >= 4 is 48.5 Å². The SMILES string of the molecule is CC(C(=O)Cl)N(c1ccccc1Br)S(C)(=O)=O. The summed E-state index contributed by atoms with van der Waals surface area (Å²) in [4.78, 5) is 11.2. The van der Waals surface area contributed by atoms with E-state index in [4.69, 9.17) is 11.6 Å². The predicted octanol–water partition coefficient (Wildman–Crippen LogP) is 2.37. The summed E-state index contributed by atoms with van der Waals surface area (Å²) < 4.78 is 25.0. The van der Waals surface area contributed by atoms with Crippen molar-refractivity contribution in [2.75, 3.05) is 10.6 Å². The minimum atomic E-state index is -3.59. The predicted molar refractivity (Wildman–Crippen MR) is 71.8 cm³/mol. The van der Waals surface area contributed by atoms with E-state index in [1.54, 1.807) is 24.3 Å². The van der Waals surface area contributed by atoms with Crippen LogP contribution in [-0.2, 0) is 14.8 Å². The van der Waals surface area contributed by atoms with E-state index in [1.807, 2.05) is 0 Å². The van der Waals surface area contributed by atoms with Gasteiger partial charge < -0.3 is 0 Å². The van der Waals surface area contributed by atoms with Crippen LogP contribution in [0.25, 0.3) is 0 Å². The Labute approximate surface area is 114 Å². The molecule has 0 aromatic heterocycles. The van der Waals surface area contributed by atoms with Gasteiger partial charge in [0.2, 0.25) is 15.3 Å². The van der Waals surface area contributed by atoms with Crippen molar-refractivity contribution in [3.05, 3.63) is 28.7 Å². The third-order valence-electron chi connectivity index (χ3n) is 2.13. The highest BCUT2D eigenvalue weighted by atomic mass is 79.9. The van der Waals surface area contributed by atoms with Gasteiger partial charge in [0.25, 0.3) is 0 Å². The highest BCUT2D eigenvalue weighted by molar-refractivity contribution is 9.10. The Morgan fingerprint density at radius 3 is 2.35 bits per heavy atom. The Bertz CT molecular complexity index is 532. The molecule has 0 fully saturated rings. The molecule has 17 heavy (non-hydrogen) atoms. The molecular formula is C10H11BrClNO3S. The minimum absolute atomic E-state index is 0.386. The van der Waals surface area contributed by atoms with E-state index in [0.29, 0.717) is 10.2 Å². The topological polar surface area (TPSA) is 54.5 Å². The highest BCUT2D eigenvalue weighted by Gasteiger charge is 2.29. The molecule has 7 heteroatoms. The van der Waals surface area contributed by atoms with E-state index in [-0.39, 0.29) is 0 Å². The van der Waals surface area contributed by atoms with Crippen molar-refractivity contribution in [3.8, 4) is 0 Å². The summed E-state index contributed by atoms with van der Waals surface area (Å²) in [7, 11) is -3.59. The fourth-order valence-corrected chi connectivity index (χ4v) is 3.33. The second-order valence-electron chi connectivity index (χ2n) is 3.49. The number of hydrogen-bond donors (Lipinski definition) is 0. The maximum Gasteiger partial charge on any atom is 0.245 e. The van der Waals surface area contributed by atoms with E-state index in [9.17, 15) is 13.2 Å². The molecule has 0 radical (unpaired) electrons. The van der Waals surface area contributed by atoms with E-state index in [2.05, 4.69) is 15.9 Å². The third-order valence-corrected chi connectivity index (χ3v) is 4.34. The van der Waals surface area contributed by atoms with Gasteiger partial charge in [-0.3, -0.25) is 9.10 Å². The number of halogens is 2. The molecule has 0 amide bonds. The van der Waals surface area contributed by atoms with Crippen LogP contribution in [0.15, 0.2) is 28.7 Å². The van der Waals surface area contributed by atoms with Gasteiger partial charge in [-0.15, -0.1) is 0 Å². The summed E-state index contributed by atoms with van der Waals surface area (Å²) in [5.41, 5.74) is 0.386. The molecule has 94 valence electrons. The van der Waals surface area contributed by atoms with Crippen LogP contribution in [0.3, 0.4) is 0 Å². The van der Waals surface area contributed by atoms with Gasteiger partial charge >= 0.3 is 0 Å². The van der Waals surface area contributed by atoms with E-state index in [0.717, 1.165) is 10.6 Å². The maximum absolute atomic E-state index is 11.7. The molecule has 1 aromatic carbocycles. The largest absolute Gasteiger partial charge is 0.279 e. The van der Waals surface area contributed by atoms with Crippen LogP contribution >= 0.6 is 27.5 Å². The Morgan fingerprint density at radius 2 is 1.94 bits per heavy atom. The van der Waals surface area contributed by atoms with Gasteiger partial charge in [-0.1, -0.05) is 12.1 Å². The molecule has 0 N–H and O–H groups in total. The molecule has 0 aliphatic heterocycles. The summed E-state index contributed by atoms with van der Waals surface area (Å²) >= 11 is 8.62. The standard InChI is InChI=1S/C10H11BrClNO3S/c1-7(10(12)14)13(17(2,15)16)9-6-4-3-5-8(9)11/h3-7H,1-2H3. The Hall–Kier alpha value is -0.590. The fraction of sp³-hybridized carbons (Fsp3) is 0.300. The molecule has 0 saturated carbocycles. The number of benzene rings is 1. The summed E-state index contributed by atoms with van der Waals surface area (Å²) in [5, 5.41) is -0.730. The molecule has 4 nitrogen and oxygen atoms in total. The number of para-hydroxylation sites is 1. The number of nitrogens with zero attached hydrogens (tertiary/aromatic N) is 1. The van der Waals surface area contributed by atoms with Crippen LogP contribution in [0.4, 0.5) is 5.69 Å². The second-order valence-corrected chi connectivity index (χ2v) is 6.58. The van der Waals surface area contributed by atoms with Crippen LogP contribution < -0.4 is 4.31 Å². The molecule has 0 bridgehead atoms. The van der Waals surface area contributed by atoms with Crippen LogP contribution in [0.1, 0.15) is 6.92 Å². The first kappa shape index (κ1) is 14.5. The number of anilines is 1. The zero-order chi connectivity index (χ0) is 13.2. The molecule has 0 aliphatic rings. The lowest BCUT2D eigenvalue weighted by Gasteiger charge is -2.27. The number of carbonyl (C=O) groups is 1. The Kier molecular flexibility index (Phi) is 4.57. The number of rotatable bonds is 4. The molecule has 0 spiro atoms. The maximum atomic E-state index is 11.7. The number of hydrogen-bond acceptors (Lipinski definition) is 3. The number of carbonyl (C=O) groups excluding carboxylic acids is 1. The summed E-state index contributed by atoms with van der Waals surface area (Å²) in [6, 6.07) is 5.77. The lowest BCUT2D eigenvalue weighted by Crippen LogP contribution is -2.41. The van der Waals surface area contributed by atoms with Crippen molar-refractivity contribution in [1.29, 1.82) is 0 Å². The zero-order valence-corrected chi connectivity index (χ0v) is 12.4. The normalized spacial score (nSPS) is 13.2. The highest BCUT2D eigenvalue weighted by Crippen LogP contribution is 2.29. The molecule has 1 unspecified atom stereocenters. The smallest absolute Gasteiger partial charge is 0.245 e. The lowest BCUT2D eigenvalue weighted by atomic mass is 10.3. The minimum Gasteiger partial charge on any atom is -0.279 e. The van der Waals surface area contributed by atoms with Gasteiger partial charge in [0.05, 0.1) is 11.9 Å². The molecule has 1 rings (SSSR count). The molecule has 0 aliphatic carbocycles. The van der Waals surface area contributed by atoms with Crippen LogP contribution in [0, 0.1) is 0 Å². The van der Waals surface area contributed by atoms with Crippen molar-refractivity contribution in [2.24, 2.45) is 0 Å². The van der Waals surface area contributed by atoms with E-state index >= 15 is 0 Å². The van der Waals surface area contributed by atoms with Gasteiger partial charge in [0, 0.05) is 4.47 Å². The van der Waals surface area contributed by atoms with Gasteiger partial charge in [-0.2, -0.15) is 0 Å². The van der Waals surface area contributed by atoms with Gasteiger partial charge in [0.1, 0.15) is 6.04 Å². The molecule has 0 heterocycles. The summed E-state index contributed by atoms with van der Waals surface area (Å²) in [6.45, 7) is 1.44. The van der Waals surface area contributed by atoms with E-state index in [1.165, 1.54) is 6.92 Å². The monoisotopic (exact) mass is 339 g/mol. The van der Waals surface area contributed by atoms with Crippen molar-refractivity contribution in [1.82, 2.24) is 0 Å². The van der Waals surface area contributed by atoms with Gasteiger partial charge in [-0.05, 0) is 46.6 Å².